The summed E-state index contributed by atoms with van der Waals surface area (Å²) in [5.74, 6) is 1.33. The Morgan fingerprint density at radius 2 is 1.42 bits per heavy atom. The zero-order chi connectivity index (χ0) is 36.2. The summed E-state index contributed by atoms with van der Waals surface area (Å²) in [4.78, 5) is 57.8. The normalized spacial score (nSPS) is 18.3. The van der Waals surface area contributed by atoms with Crippen molar-refractivity contribution in [2.24, 2.45) is 0 Å². The lowest BCUT2D eigenvalue weighted by molar-refractivity contribution is -0.135. The van der Waals surface area contributed by atoms with Gasteiger partial charge in [0.15, 0.2) is 0 Å². The molecule has 7 rings (SSSR count). The van der Waals surface area contributed by atoms with Gasteiger partial charge >= 0.3 is 6.09 Å². The number of benzene rings is 3. The Bertz CT molecular complexity index is 2010. The van der Waals surface area contributed by atoms with Crippen LogP contribution in [0.5, 0.6) is 0 Å². The standard InChI is InChI=1S/C40H44N8O4/c1-3-41-35(30-9-5-4-6-10-30)39(50)48-22-8-12-34(48)37-43-24-32(46-37)29-19-15-27(16-20-29)26-13-17-28(18-14-26)31-23-42-36(45-31)33-11-7-21-47(33)38(49)25(2)44-40(51)52/h4-6,9-10,13-20,23-25,33-35,41,44H,3,7-8,11-12,21-22H2,1-2H3,(H,42,45)(H,43,46)(H,51,52)/t25-,33-,34-,35+/m0/s1. The molecule has 12 nitrogen and oxygen atoms in total. The van der Waals surface area contributed by atoms with Crippen molar-refractivity contribution < 1.29 is 19.5 Å². The van der Waals surface area contributed by atoms with Gasteiger partial charge in [0.25, 0.3) is 0 Å². The molecule has 0 radical (unpaired) electrons. The van der Waals surface area contributed by atoms with E-state index >= 15 is 0 Å². The quantitative estimate of drug-likeness (QED) is 0.106. The first kappa shape index (κ1) is 34.7. The highest BCUT2D eigenvalue weighted by atomic mass is 16.4. The van der Waals surface area contributed by atoms with E-state index in [1.54, 1.807) is 11.8 Å². The van der Waals surface area contributed by atoms with Crippen LogP contribution in [0.4, 0.5) is 4.79 Å². The maximum atomic E-state index is 13.8. The van der Waals surface area contributed by atoms with E-state index in [-0.39, 0.29) is 29.9 Å². The number of hydrogen-bond donors (Lipinski definition) is 5. The van der Waals surface area contributed by atoms with Crippen molar-refractivity contribution in [2.75, 3.05) is 19.6 Å². The van der Waals surface area contributed by atoms with Crippen LogP contribution in [-0.2, 0) is 9.59 Å². The number of likely N-dealkylation sites (tertiary alicyclic amines) is 2. The van der Waals surface area contributed by atoms with Gasteiger partial charge in [-0.3, -0.25) is 9.59 Å². The fourth-order valence-corrected chi connectivity index (χ4v) is 7.47. The molecule has 3 amide bonds. The predicted octanol–water partition coefficient (Wildman–Crippen LogP) is 6.47. The molecular weight excluding hydrogens is 656 g/mol. The molecule has 2 fully saturated rings. The average Bonchev–Trinajstić information content (AvgIpc) is 4.00. The van der Waals surface area contributed by atoms with E-state index in [0.29, 0.717) is 25.5 Å². The number of hydrogen-bond acceptors (Lipinski definition) is 6. The van der Waals surface area contributed by atoms with Crippen molar-refractivity contribution in [3.63, 3.8) is 0 Å². The second-order valence-electron chi connectivity index (χ2n) is 13.5. The van der Waals surface area contributed by atoms with Gasteiger partial charge in [-0.2, -0.15) is 0 Å². The highest BCUT2D eigenvalue weighted by Crippen LogP contribution is 2.35. The SMILES string of the molecule is CCN[C@@H](C(=O)N1CCC[C@H]1c1ncc(-c2ccc(-c3ccc(-c4c[nH]c([C@@H]5CCCN5C(=O)[C@H](C)NC(=O)O)n4)cc3)cc2)[nH]1)c1ccccc1. The van der Waals surface area contributed by atoms with Crippen molar-refractivity contribution >= 4 is 17.9 Å². The molecule has 0 aliphatic carbocycles. The average molecular weight is 701 g/mol. The first-order chi connectivity index (χ1) is 25.3. The van der Waals surface area contributed by atoms with Crippen LogP contribution >= 0.6 is 0 Å². The lowest BCUT2D eigenvalue weighted by Crippen LogP contribution is -2.46. The number of aromatic nitrogens is 4. The van der Waals surface area contributed by atoms with Gasteiger partial charge in [-0.25, -0.2) is 14.8 Å². The number of carbonyl (C=O) groups is 3. The number of carbonyl (C=O) groups excluding carboxylic acids is 2. The first-order valence-electron chi connectivity index (χ1n) is 18.0. The van der Waals surface area contributed by atoms with Crippen LogP contribution in [0.1, 0.15) is 74.9 Å². The maximum absolute atomic E-state index is 13.8. The number of likely N-dealkylation sites (N-methyl/N-ethyl adjacent to an activating group) is 1. The molecule has 2 aromatic heterocycles. The molecule has 52 heavy (non-hydrogen) atoms. The number of rotatable bonds is 11. The Kier molecular flexibility index (Phi) is 10.2. The van der Waals surface area contributed by atoms with E-state index in [4.69, 9.17) is 15.1 Å². The van der Waals surface area contributed by atoms with Crippen molar-refractivity contribution in [2.45, 2.75) is 63.7 Å². The van der Waals surface area contributed by atoms with E-state index in [2.05, 4.69) is 57.0 Å². The van der Waals surface area contributed by atoms with Gasteiger partial charge in [-0.05, 0) is 61.4 Å². The largest absolute Gasteiger partial charge is 0.465 e. The van der Waals surface area contributed by atoms with Crippen molar-refractivity contribution in [1.82, 2.24) is 40.4 Å². The van der Waals surface area contributed by atoms with Crippen molar-refractivity contribution in [3.8, 4) is 33.6 Å². The third-order valence-electron chi connectivity index (χ3n) is 10.1. The molecule has 268 valence electrons. The second kappa shape index (κ2) is 15.2. The van der Waals surface area contributed by atoms with Crippen LogP contribution in [0, 0.1) is 0 Å². The molecule has 2 aliphatic rings. The van der Waals surface area contributed by atoms with Crippen LogP contribution in [-0.4, -0.2) is 78.4 Å². The summed E-state index contributed by atoms with van der Waals surface area (Å²) < 4.78 is 0. The van der Waals surface area contributed by atoms with Crippen LogP contribution in [0.3, 0.4) is 0 Å². The fourth-order valence-electron chi connectivity index (χ4n) is 7.47. The number of nitrogens with one attached hydrogen (secondary N) is 4. The van der Waals surface area contributed by atoms with Crippen LogP contribution in [0.25, 0.3) is 33.6 Å². The van der Waals surface area contributed by atoms with E-state index in [1.165, 1.54) is 0 Å². The summed E-state index contributed by atoms with van der Waals surface area (Å²) in [6.45, 7) is 5.54. The monoisotopic (exact) mass is 700 g/mol. The predicted molar refractivity (Wildman–Crippen MR) is 198 cm³/mol. The van der Waals surface area contributed by atoms with E-state index < -0.39 is 12.1 Å². The molecule has 5 N–H and O–H groups in total. The van der Waals surface area contributed by atoms with Gasteiger partial charge in [0, 0.05) is 24.8 Å². The Labute approximate surface area is 302 Å². The summed E-state index contributed by atoms with van der Waals surface area (Å²) in [5.41, 5.74) is 6.76. The molecule has 0 bridgehead atoms. The third-order valence-corrected chi connectivity index (χ3v) is 10.1. The van der Waals surface area contributed by atoms with Gasteiger partial charge in [0.1, 0.15) is 23.7 Å². The van der Waals surface area contributed by atoms with Gasteiger partial charge in [0.2, 0.25) is 11.8 Å². The molecule has 0 saturated carbocycles. The number of carboxylic acid groups (broad SMARTS) is 1. The summed E-state index contributed by atoms with van der Waals surface area (Å²) >= 11 is 0. The van der Waals surface area contributed by atoms with Gasteiger partial charge in [0.05, 0.1) is 29.7 Å². The lowest BCUT2D eigenvalue weighted by Gasteiger charge is -2.28. The van der Waals surface area contributed by atoms with Crippen LogP contribution in [0.2, 0.25) is 0 Å². The van der Waals surface area contributed by atoms with Gasteiger partial charge in [-0.1, -0.05) is 85.8 Å². The van der Waals surface area contributed by atoms with Crippen molar-refractivity contribution in [1.29, 1.82) is 0 Å². The summed E-state index contributed by atoms with van der Waals surface area (Å²) in [6.07, 6.45) is 5.87. The molecule has 4 atom stereocenters. The number of aromatic amines is 2. The fraction of sp³-hybridized carbons (Fsp3) is 0.325. The molecule has 12 heteroatoms. The topological polar surface area (TPSA) is 159 Å². The van der Waals surface area contributed by atoms with Crippen LogP contribution in [0.15, 0.2) is 91.3 Å². The number of H-pyrrole nitrogens is 2. The minimum absolute atomic E-state index is 0.0749. The highest BCUT2D eigenvalue weighted by Gasteiger charge is 2.36. The minimum atomic E-state index is -1.22. The molecule has 3 aromatic carbocycles. The first-order valence-corrected chi connectivity index (χ1v) is 18.0. The molecule has 2 saturated heterocycles. The molecule has 0 unspecified atom stereocenters. The van der Waals surface area contributed by atoms with Gasteiger partial charge in [-0.15, -0.1) is 0 Å². The molecule has 0 spiro atoms. The Morgan fingerprint density at radius 3 is 2.06 bits per heavy atom. The maximum Gasteiger partial charge on any atom is 0.405 e. The third kappa shape index (κ3) is 7.20. The van der Waals surface area contributed by atoms with E-state index in [9.17, 15) is 14.4 Å². The Morgan fingerprint density at radius 1 is 0.827 bits per heavy atom. The summed E-state index contributed by atoms with van der Waals surface area (Å²) in [5, 5.41) is 14.7. The molecule has 4 heterocycles. The van der Waals surface area contributed by atoms with E-state index in [0.717, 1.165) is 70.7 Å². The van der Waals surface area contributed by atoms with Crippen molar-refractivity contribution in [3.05, 3.63) is 108 Å². The zero-order valence-corrected chi connectivity index (χ0v) is 29.4. The van der Waals surface area contributed by atoms with Gasteiger partial charge < -0.3 is 35.5 Å². The van der Waals surface area contributed by atoms with E-state index in [1.807, 2.05) is 66.7 Å². The number of amides is 3. The smallest absolute Gasteiger partial charge is 0.405 e. The Hall–Kier alpha value is -5.75. The number of imidazole rings is 2. The summed E-state index contributed by atoms with van der Waals surface area (Å²) in [7, 11) is 0. The Balaban J connectivity index is 1.01. The zero-order valence-electron chi connectivity index (χ0n) is 29.4. The molecule has 2 aliphatic heterocycles. The number of nitrogens with zero attached hydrogens (tertiary/aromatic N) is 4. The molecule has 5 aromatic rings. The lowest BCUT2D eigenvalue weighted by atomic mass is 10.0. The highest BCUT2D eigenvalue weighted by molar-refractivity contribution is 5.85. The molecular formula is C40H44N8O4. The summed E-state index contributed by atoms with van der Waals surface area (Å²) in [6, 6.07) is 24.9. The van der Waals surface area contributed by atoms with Crippen LogP contribution < -0.4 is 10.6 Å². The minimum Gasteiger partial charge on any atom is -0.465 e. The second-order valence-corrected chi connectivity index (χ2v) is 13.5.